The molecule has 11 nitrogen and oxygen atoms in total. The fraction of sp³-hybridized carbons (Fsp3) is 0.423. The summed E-state index contributed by atoms with van der Waals surface area (Å²) in [7, 11) is 1.54. The van der Waals surface area contributed by atoms with E-state index in [1.54, 1.807) is 37.2 Å². The van der Waals surface area contributed by atoms with Crippen molar-refractivity contribution in [2.24, 2.45) is 4.99 Å². The van der Waals surface area contributed by atoms with Gasteiger partial charge in [0.1, 0.15) is 17.9 Å². The van der Waals surface area contributed by atoms with Crippen LogP contribution in [0, 0.1) is 12.7 Å². The second-order valence-corrected chi connectivity index (χ2v) is 9.87. The predicted molar refractivity (Wildman–Crippen MR) is 141 cm³/mol. The number of aromatic nitrogens is 1. The summed E-state index contributed by atoms with van der Waals surface area (Å²) in [6, 6.07) is 2.46. The number of esters is 1. The number of nitrogens with zero attached hydrogens (tertiary/aromatic N) is 3. The minimum Gasteiger partial charge on any atom is -0.480 e. The Labute approximate surface area is 228 Å². The Balaban J connectivity index is 1.82. The predicted octanol–water partition coefficient (Wildman–Crippen LogP) is 1.57. The van der Waals surface area contributed by atoms with Crippen molar-refractivity contribution in [1.29, 1.82) is 0 Å². The third-order valence-electron chi connectivity index (χ3n) is 6.41. The molecule has 0 spiro atoms. The van der Waals surface area contributed by atoms with Crippen molar-refractivity contribution >= 4 is 35.0 Å². The molecule has 3 N–H and O–H groups in total. The maximum Gasteiger partial charge on any atom is 0.338 e. The molecule has 1 amide bonds. The van der Waals surface area contributed by atoms with Gasteiger partial charge in [-0.2, -0.15) is 0 Å². The summed E-state index contributed by atoms with van der Waals surface area (Å²) >= 11 is 1.27. The quantitative estimate of drug-likeness (QED) is 0.390. The number of hydrogen-bond donors (Lipinski definition) is 3. The number of carboxylic acids is 1. The van der Waals surface area contributed by atoms with Gasteiger partial charge in [-0.3, -0.25) is 19.5 Å². The van der Waals surface area contributed by atoms with Gasteiger partial charge in [0, 0.05) is 31.2 Å². The summed E-state index contributed by atoms with van der Waals surface area (Å²) in [6.07, 6.45) is 0.0889. The van der Waals surface area contributed by atoms with Gasteiger partial charge >= 0.3 is 11.9 Å². The summed E-state index contributed by atoms with van der Waals surface area (Å²) in [5.41, 5.74) is 2.33. The van der Waals surface area contributed by atoms with E-state index >= 15 is 0 Å². The molecule has 0 saturated carbocycles. The van der Waals surface area contributed by atoms with E-state index in [2.05, 4.69) is 15.6 Å². The Morgan fingerprint density at radius 2 is 2.15 bits per heavy atom. The Kier molecular flexibility index (Phi) is 9.04. The second kappa shape index (κ2) is 12.5. The van der Waals surface area contributed by atoms with Crippen LogP contribution in [0.5, 0.6) is 0 Å². The number of halogens is 1. The topological polar surface area (TPSA) is 142 Å². The van der Waals surface area contributed by atoms with Gasteiger partial charge in [-0.25, -0.2) is 14.2 Å². The van der Waals surface area contributed by atoms with E-state index in [-0.39, 0.29) is 37.7 Å². The molecule has 4 rings (SSSR count). The van der Waals surface area contributed by atoms with Gasteiger partial charge in [-0.15, -0.1) is 11.3 Å². The number of morpholine rings is 1. The molecule has 0 aliphatic carbocycles. The number of hydrogen-bond acceptors (Lipinski definition) is 10. The molecule has 208 valence electrons. The van der Waals surface area contributed by atoms with Crippen LogP contribution in [0.15, 0.2) is 39.8 Å². The number of benzene rings is 1. The van der Waals surface area contributed by atoms with Gasteiger partial charge in [-0.1, -0.05) is 6.07 Å². The number of likely N-dealkylation sites (N-methyl/N-ethyl adjacent to an activating group) is 1. The number of nitrogens with one attached hydrogen (secondary N) is 2. The zero-order valence-electron chi connectivity index (χ0n) is 21.8. The first-order chi connectivity index (χ1) is 18.7. The number of ether oxygens (including phenoxy) is 2. The number of amidine groups is 1. The van der Waals surface area contributed by atoms with Crippen molar-refractivity contribution in [3.05, 3.63) is 62.5 Å². The summed E-state index contributed by atoms with van der Waals surface area (Å²) in [6.45, 7) is 4.28. The monoisotopic (exact) mass is 559 g/mol. The average Bonchev–Trinajstić information content (AvgIpc) is 3.37. The van der Waals surface area contributed by atoms with Gasteiger partial charge in [0.15, 0.2) is 10.8 Å². The Bertz CT molecular complexity index is 1330. The van der Waals surface area contributed by atoms with Gasteiger partial charge in [0.05, 0.1) is 37.5 Å². The van der Waals surface area contributed by atoms with E-state index in [1.807, 2.05) is 0 Å². The number of carbonyl (C=O) groups is 3. The van der Waals surface area contributed by atoms with E-state index in [0.717, 1.165) is 0 Å². The lowest BCUT2D eigenvalue weighted by molar-refractivity contribution is -0.149. The molecule has 2 aromatic rings. The lowest BCUT2D eigenvalue weighted by atomic mass is 9.92. The van der Waals surface area contributed by atoms with Crippen LogP contribution in [0.25, 0.3) is 0 Å². The Hall–Kier alpha value is -3.68. The van der Waals surface area contributed by atoms with Crippen molar-refractivity contribution in [3.8, 4) is 0 Å². The number of rotatable bonds is 9. The van der Waals surface area contributed by atoms with Crippen LogP contribution < -0.4 is 10.6 Å². The Morgan fingerprint density at radius 3 is 2.85 bits per heavy atom. The van der Waals surface area contributed by atoms with Crippen molar-refractivity contribution in [2.45, 2.75) is 32.4 Å². The normalized spacial score (nSPS) is 19.7. The van der Waals surface area contributed by atoms with Crippen LogP contribution in [0.4, 0.5) is 4.39 Å². The van der Waals surface area contributed by atoms with Crippen molar-refractivity contribution in [1.82, 2.24) is 20.5 Å². The number of carbonyl (C=O) groups excluding carboxylic acids is 2. The first kappa shape index (κ1) is 28.3. The second-order valence-electron chi connectivity index (χ2n) is 9.01. The average molecular weight is 560 g/mol. The summed E-state index contributed by atoms with van der Waals surface area (Å²) in [5.74, 6) is -1.92. The molecule has 0 bridgehead atoms. The summed E-state index contributed by atoms with van der Waals surface area (Å²) < 4.78 is 24.8. The van der Waals surface area contributed by atoms with Gasteiger partial charge in [0.25, 0.3) is 0 Å². The van der Waals surface area contributed by atoms with Gasteiger partial charge < -0.3 is 25.2 Å². The highest BCUT2D eigenvalue weighted by Crippen LogP contribution is 2.35. The van der Waals surface area contributed by atoms with E-state index < -0.39 is 29.8 Å². The van der Waals surface area contributed by atoms with E-state index in [0.29, 0.717) is 46.5 Å². The number of aliphatic carboxylic acids is 1. The van der Waals surface area contributed by atoms with E-state index in [4.69, 9.17) is 14.5 Å². The lowest BCUT2D eigenvalue weighted by Gasteiger charge is -2.35. The highest BCUT2D eigenvalue weighted by atomic mass is 32.1. The fourth-order valence-electron chi connectivity index (χ4n) is 4.46. The number of carboxylic acid groups (broad SMARTS) is 1. The molecule has 39 heavy (non-hydrogen) atoms. The molecule has 2 aliphatic heterocycles. The zero-order valence-corrected chi connectivity index (χ0v) is 22.6. The Morgan fingerprint density at radius 1 is 1.36 bits per heavy atom. The maximum atomic E-state index is 14.0. The molecule has 3 heterocycles. The van der Waals surface area contributed by atoms with Crippen LogP contribution in [-0.4, -0.2) is 84.7 Å². The number of thiazole rings is 1. The molecule has 0 radical (unpaired) electrons. The molecule has 13 heteroatoms. The van der Waals surface area contributed by atoms with Crippen LogP contribution in [-0.2, 0) is 30.3 Å². The van der Waals surface area contributed by atoms with Crippen LogP contribution >= 0.6 is 11.3 Å². The first-order valence-corrected chi connectivity index (χ1v) is 13.3. The first-order valence-electron chi connectivity index (χ1n) is 12.4. The molecule has 1 saturated heterocycles. The van der Waals surface area contributed by atoms with Crippen LogP contribution in [0.2, 0.25) is 0 Å². The van der Waals surface area contributed by atoms with E-state index in [9.17, 15) is 23.9 Å². The largest absolute Gasteiger partial charge is 0.480 e. The lowest BCUT2D eigenvalue weighted by Crippen LogP contribution is -2.52. The third kappa shape index (κ3) is 6.49. The number of aryl methyl sites for hydroxylation is 1. The number of aliphatic imine (C=N–C) groups is 1. The highest BCUT2D eigenvalue weighted by molar-refractivity contribution is 7.11. The minimum atomic E-state index is -1.04. The van der Waals surface area contributed by atoms with Crippen molar-refractivity contribution in [2.75, 3.05) is 40.0 Å². The zero-order chi connectivity index (χ0) is 28.1. The fourth-order valence-corrected chi connectivity index (χ4v) is 5.23. The molecule has 2 atom stereocenters. The molecule has 1 aromatic heterocycles. The summed E-state index contributed by atoms with van der Waals surface area (Å²) in [4.78, 5) is 48.2. The highest BCUT2D eigenvalue weighted by Gasteiger charge is 2.37. The molecule has 2 aliphatic rings. The molecular formula is C26H30FN5O6S. The van der Waals surface area contributed by atoms with Gasteiger partial charge in [-0.05, 0) is 37.1 Å². The SMILES string of the molecule is CCOC(=O)C1=C(CN2CCOCC2C(=O)O)NC(c2nc(CC(=O)NC)cs2)=NC1c1ccc(F)cc1C. The minimum absolute atomic E-state index is 0.00807. The smallest absolute Gasteiger partial charge is 0.338 e. The molecule has 2 unspecified atom stereocenters. The standard InChI is InChI=1S/C26H30FN5O6S/c1-4-38-26(36)21-18(11-32-7-8-37-12-19(32)25(34)35)30-23(24-29-16(13-39-24)10-20(33)28-3)31-22(21)17-6-5-15(27)9-14(17)2/h5-6,9,13,19,22H,4,7-8,10-12H2,1-3H3,(H,28,33)(H,30,31)(H,34,35). The molecule has 1 aromatic carbocycles. The van der Waals surface area contributed by atoms with Crippen molar-refractivity contribution in [3.63, 3.8) is 0 Å². The number of amides is 1. The van der Waals surface area contributed by atoms with Crippen LogP contribution in [0.1, 0.15) is 34.8 Å². The van der Waals surface area contributed by atoms with E-state index in [1.165, 1.54) is 23.5 Å². The molecule has 1 fully saturated rings. The maximum absolute atomic E-state index is 14.0. The molecular weight excluding hydrogens is 529 g/mol. The summed E-state index contributed by atoms with van der Waals surface area (Å²) in [5, 5.41) is 17.8. The van der Waals surface area contributed by atoms with Gasteiger partial charge in [0.2, 0.25) is 5.91 Å². The third-order valence-corrected chi connectivity index (χ3v) is 7.31. The van der Waals surface area contributed by atoms with Crippen molar-refractivity contribution < 1.29 is 33.4 Å². The van der Waals surface area contributed by atoms with Crippen LogP contribution in [0.3, 0.4) is 0 Å².